The Hall–Kier alpha value is -0.650. The van der Waals surface area contributed by atoms with Crippen molar-refractivity contribution in [1.82, 2.24) is 16.0 Å². The van der Waals surface area contributed by atoms with Crippen LogP contribution in [0, 0.1) is 5.41 Å². The van der Waals surface area contributed by atoms with Gasteiger partial charge < -0.3 is 11.1 Å². The van der Waals surface area contributed by atoms with Crippen LogP contribution >= 0.6 is 0 Å². The highest BCUT2D eigenvalue weighted by molar-refractivity contribution is 5.80. The van der Waals surface area contributed by atoms with Crippen LogP contribution in [-0.2, 0) is 0 Å². The van der Waals surface area contributed by atoms with Gasteiger partial charge in [-0.25, -0.2) is 0 Å². The standard InChI is InChI=1S/C11H27N5/c1-3-4-5-6-7-8-15-11(14-2)16-10(13)9-12/h11,14-15H,3-9,12H2,1-2H3,(H2,13,16). The lowest BCUT2D eigenvalue weighted by Crippen LogP contribution is -2.54. The van der Waals surface area contributed by atoms with Gasteiger partial charge in [0.25, 0.3) is 0 Å². The Balaban J connectivity index is 3.44. The molecule has 0 aromatic rings. The third-order valence-electron chi connectivity index (χ3n) is 2.44. The van der Waals surface area contributed by atoms with E-state index in [0.29, 0.717) is 5.84 Å². The maximum absolute atomic E-state index is 7.43. The molecule has 0 rings (SSSR count). The first kappa shape index (κ1) is 15.3. The first-order valence-electron chi connectivity index (χ1n) is 6.19. The molecule has 0 aromatic carbocycles. The monoisotopic (exact) mass is 229 g/mol. The van der Waals surface area contributed by atoms with Crippen LogP contribution in [0.2, 0.25) is 0 Å². The van der Waals surface area contributed by atoms with Crippen LogP contribution in [0.25, 0.3) is 0 Å². The molecule has 0 bridgehead atoms. The molecule has 5 nitrogen and oxygen atoms in total. The summed E-state index contributed by atoms with van der Waals surface area (Å²) < 4.78 is 0. The summed E-state index contributed by atoms with van der Waals surface area (Å²) in [6.45, 7) is 3.42. The van der Waals surface area contributed by atoms with Crippen LogP contribution < -0.4 is 21.7 Å². The van der Waals surface area contributed by atoms with E-state index in [1.165, 1.54) is 32.1 Å². The highest BCUT2D eigenvalue weighted by Crippen LogP contribution is 2.00. The van der Waals surface area contributed by atoms with E-state index in [1.54, 1.807) is 0 Å². The van der Waals surface area contributed by atoms with Gasteiger partial charge in [0.2, 0.25) is 0 Å². The summed E-state index contributed by atoms with van der Waals surface area (Å²) in [4.78, 5) is 0. The van der Waals surface area contributed by atoms with E-state index in [9.17, 15) is 0 Å². The third-order valence-corrected chi connectivity index (χ3v) is 2.44. The zero-order valence-electron chi connectivity index (χ0n) is 10.6. The average molecular weight is 229 g/mol. The molecule has 0 aromatic heterocycles. The van der Waals surface area contributed by atoms with Crippen LogP contribution in [0.5, 0.6) is 0 Å². The molecular formula is C11H27N5. The van der Waals surface area contributed by atoms with Crippen molar-refractivity contribution in [3.63, 3.8) is 0 Å². The predicted molar refractivity (Wildman–Crippen MR) is 69.5 cm³/mol. The molecule has 16 heavy (non-hydrogen) atoms. The largest absolute Gasteiger partial charge is 0.345 e. The van der Waals surface area contributed by atoms with Gasteiger partial charge in [-0.3, -0.25) is 16.0 Å². The lowest BCUT2D eigenvalue weighted by atomic mass is 10.1. The van der Waals surface area contributed by atoms with E-state index in [-0.39, 0.29) is 12.8 Å². The van der Waals surface area contributed by atoms with Crippen molar-refractivity contribution in [3.8, 4) is 0 Å². The minimum atomic E-state index is -0.0535. The van der Waals surface area contributed by atoms with Crippen molar-refractivity contribution < 1.29 is 0 Å². The van der Waals surface area contributed by atoms with Crippen molar-refractivity contribution in [2.75, 3.05) is 20.1 Å². The number of nitrogens with two attached hydrogens (primary N) is 1. The average Bonchev–Trinajstić information content (AvgIpc) is 2.31. The Bertz CT molecular complexity index is 172. The summed E-state index contributed by atoms with van der Waals surface area (Å²) in [7, 11) is 1.85. The smallest absolute Gasteiger partial charge is 0.133 e. The molecule has 0 radical (unpaired) electrons. The molecule has 0 amide bonds. The summed E-state index contributed by atoms with van der Waals surface area (Å²) in [6.07, 6.45) is 6.31. The molecule has 0 fully saturated rings. The topological polar surface area (TPSA) is 86.0 Å². The zero-order valence-corrected chi connectivity index (χ0v) is 10.6. The van der Waals surface area contributed by atoms with Gasteiger partial charge in [-0.05, 0) is 20.0 Å². The van der Waals surface area contributed by atoms with Gasteiger partial charge in [-0.2, -0.15) is 0 Å². The Morgan fingerprint density at radius 3 is 2.50 bits per heavy atom. The quantitative estimate of drug-likeness (QED) is 0.164. The number of unbranched alkanes of at least 4 members (excludes halogenated alkanes) is 4. The molecule has 0 aliphatic heterocycles. The van der Waals surface area contributed by atoms with Crippen LogP contribution in [0.3, 0.4) is 0 Å². The van der Waals surface area contributed by atoms with Gasteiger partial charge in [-0.15, -0.1) is 0 Å². The number of amidine groups is 1. The van der Waals surface area contributed by atoms with Crippen LogP contribution in [-0.4, -0.2) is 32.3 Å². The Kier molecular flexibility index (Phi) is 10.4. The normalized spacial score (nSPS) is 12.4. The second-order valence-electron chi connectivity index (χ2n) is 3.92. The van der Waals surface area contributed by atoms with E-state index in [4.69, 9.17) is 11.1 Å². The lowest BCUT2D eigenvalue weighted by molar-refractivity contribution is 0.419. The van der Waals surface area contributed by atoms with Crippen molar-refractivity contribution in [3.05, 3.63) is 0 Å². The predicted octanol–water partition coefficient (Wildman–Crippen LogP) is 0.575. The van der Waals surface area contributed by atoms with Gasteiger partial charge in [0, 0.05) is 0 Å². The summed E-state index contributed by atoms with van der Waals surface area (Å²) in [5, 5.41) is 16.7. The van der Waals surface area contributed by atoms with Gasteiger partial charge in [-0.1, -0.05) is 32.6 Å². The molecule has 0 heterocycles. The zero-order chi connectivity index (χ0) is 12.2. The van der Waals surface area contributed by atoms with Crippen LogP contribution in [0.4, 0.5) is 0 Å². The minimum Gasteiger partial charge on any atom is -0.345 e. The molecule has 0 saturated carbocycles. The number of hydrogen-bond acceptors (Lipinski definition) is 4. The van der Waals surface area contributed by atoms with Crippen LogP contribution in [0.15, 0.2) is 0 Å². The first-order valence-corrected chi connectivity index (χ1v) is 6.19. The lowest BCUT2D eigenvalue weighted by Gasteiger charge is -2.20. The Morgan fingerprint density at radius 2 is 1.94 bits per heavy atom. The fourth-order valence-electron chi connectivity index (χ4n) is 1.43. The highest BCUT2D eigenvalue weighted by atomic mass is 15.3. The van der Waals surface area contributed by atoms with E-state index in [1.807, 2.05) is 7.05 Å². The third kappa shape index (κ3) is 8.64. The van der Waals surface area contributed by atoms with Crippen molar-refractivity contribution >= 4 is 5.84 Å². The molecule has 5 heteroatoms. The second kappa shape index (κ2) is 10.9. The molecule has 0 saturated heterocycles. The molecule has 1 unspecified atom stereocenters. The molecule has 0 aliphatic carbocycles. The van der Waals surface area contributed by atoms with E-state index < -0.39 is 0 Å². The number of rotatable bonds is 10. The minimum absolute atomic E-state index is 0.0535. The molecule has 6 N–H and O–H groups in total. The SMILES string of the molecule is CCCCCCCNC(NC)NC(=N)CN. The summed E-state index contributed by atoms with van der Waals surface area (Å²) in [5.74, 6) is 0.345. The maximum Gasteiger partial charge on any atom is 0.133 e. The Labute approximate surface area is 99.1 Å². The van der Waals surface area contributed by atoms with Crippen molar-refractivity contribution in [2.24, 2.45) is 5.73 Å². The van der Waals surface area contributed by atoms with Gasteiger partial charge in [0.05, 0.1) is 6.54 Å². The van der Waals surface area contributed by atoms with E-state index in [2.05, 4.69) is 22.9 Å². The molecular weight excluding hydrogens is 202 g/mol. The van der Waals surface area contributed by atoms with Gasteiger partial charge in [0.15, 0.2) is 0 Å². The van der Waals surface area contributed by atoms with Gasteiger partial charge >= 0.3 is 0 Å². The van der Waals surface area contributed by atoms with Crippen LogP contribution in [0.1, 0.15) is 39.0 Å². The molecule has 1 atom stereocenters. The molecule has 0 aliphatic rings. The van der Waals surface area contributed by atoms with E-state index in [0.717, 1.165) is 6.54 Å². The van der Waals surface area contributed by atoms with Crippen molar-refractivity contribution in [1.29, 1.82) is 5.41 Å². The molecule has 96 valence electrons. The molecule has 0 spiro atoms. The van der Waals surface area contributed by atoms with Crippen molar-refractivity contribution in [2.45, 2.75) is 45.3 Å². The number of hydrogen-bond donors (Lipinski definition) is 5. The first-order chi connectivity index (χ1) is 7.74. The fourth-order valence-corrected chi connectivity index (χ4v) is 1.43. The summed E-state index contributed by atoms with van der Waals surface area (Å²) >= 11 is 0. The van der Waals surface area contributed by atoms with E-state index >= 15 is 0 Å². The summed E-state index contributed by atoms with van der Waals surface area (Å²) in [6, 6.07) is 0. The maximum atomic E-state index is 7.43. The second-order valence-corrected chi connectivity index (χ2v) is 3.92. The summed E-state index contributed by atoms with van der Waals surface area (Å²) in [5.41, 5.74) is 5.34. The number of nitrogens with one attached hydrogen (secondary N) is 4. The fraction of sp³-hybridized carbons (Fsp3) is 0.909. The Morgan fingerprint density at radius 1 is 1.25 bits per heavy atom. The highest BCUT2D eigenvalue weighted by Gasteiger charge is 2.04. The van der Waals surface area contributed by atoms with Gasteiger partial charge in [0.1, 0.15) is 12.1 Å².